The fourth-order valence-electron chi connectivity index (χ4n) is 2.62. The van der Waals surface area contributed by atoms with Gasteiger partial charge in [-0.2, -0.15) is 0 Å². The molecule has 2 atom stereocenters. The smallest absolute Gasteiger partial charge is 0.0410 e. The SMILES string of the molecule is CCCC1CNC(C)CN1Cc1cncc(Br)c1. The quantitative estimate of drug-likeness (QED) is 0.927. The van der Waals surface area contributed by atoms with E-state index >= 15 is 0 Å². The minimum absolute atomic E-state index is 0.582. The molecule has 4 heteroatoms. The van der Waals surface area contributed by atoms with Crippen molar-refractivity contribution >= 4 is 15.9 Å². The molecule has 1 fully saturated rings. The van der Waals surface area contributed by atoms with Gasteiger partial charge in [-0.3, -0.25) is 9.88 Å². The average molecular weight is 312 g/mol. The number of hydrogen-bond acceptors (Lipinski definition) is 3. The van der Waals surface area contributed by atoms with E-state index in [1.165, 1.54) is 18.4 Å². The molecule has 0 aliphatic carbocycles. The Morgan fingerprint density at radius 3 is 3.06 bits per heavy atom. The van der Waals surface area contributed by atoms with Crippen LogP contribution in [0.1, 0.15) is 32.3 Å². The van der Waals surface area contributed by atoms with Crippen LogP contribution in [0.4, 0.5) is 0 Å². The first-order chi connectivity index (χ1) is 8.69. The highest BCUT2D eigenvalue weighted by Gasteiger charge is 2.24. The molecule has 2 heterocycles. The molecule has 2 rings (SSSR count). The van der Waals surface area contributed by atoms with E-state index in [4.69, 9.17) is 0 Å². The van der Waals surface area contributed by atoms with Gasteiger partial charge in [-0.25, -0.2) is 0 Å². The summed E-state index contributed by atoms with van der Waals surface area (Å²) < 4.78 is 1.07. The molecule has 1 aromatic rings. The highest BCUT2D eigenvalue weighted by atomic mass is 79.9. The van der Waals surface area contributed by atoms with Crippen molar-refractivity contribution in [3.05, 3.63) is 28.5 Å². The first-order valence-corrected chi connectivity index (χ1v) is 7.55. The highest BCUT2D eigenvalue weighted by molar-refractivity contribution is 9.10. The maximum absolute atomic E-state index is 4.25. The summed E-state index contributed by atoms with van der Waals surface area (Å²) in [4.78, 5) is 6.84. The van der Waals surface area contributed by atoms with Crippen LogP contribution < -0.4 is 5.32 Å². The predicted molar refractivity (Wildman–Crippen MR) is 78.5 cm³/mol. The molecule has 1 aliphatic rings. The summed E-state index contributed by atoms with van der Waals surface area (Å²) >= 11 is 3.49. The Labute approximate surface area is 118 Å². The third-order valence-corrected chi connectivity index (χ3v) is 3.93. The molecule has 3 nitrogen and oxygen atoms in total. The number of piperazine rings is 1. The Kier molecular flexibility index (Phi) is 5.15. The summed E-state index contributed by atoms with van der Waals surface area (Å²) in [5.41, 5.74) is 1.29. The zero-order valence-electron chi connectivity index (χ0n) is 11.2. The third-order valence-electron chi connectivity index (χ3n) is 3.50. The van der Waals surface area contributed by atoms with Crippen LogP contribution in [-0.4, -0.2) is 35.1 Å². The fourth-order valence-corrected chi connectivity index (χ4v) is 3.03. The second-order valence-corrected chi connectivity index (χ2v) is 6.11. The summed E-state index contributed by atoms with van der Waals surface area (Å²) in [6, 6.07) is 3.41. The van der Waals surface area contributed by atoms with E-state index < -0.39 is 0 Å². The van der Waals surface area contributed by atoms with Crippen LogP contribution in [0, 0.1) is 0 Å². The van der Waals surface area contributed by atoms with Crippen LogP contribution in [-0.2, 0) is 6.54 Å². The van der Waals surface area contributed by atoms with Gasteiger partial charge in [0, 0.05) is 48.6 Å². The monoisotopic (exact) mass is 311 g/mol. The molecule has 1 N–H and O–H groups in total. The van der Waals surface area contributed by atoms with Crippen molar-refractivity contribution < 1.29 is 0 Å². The second-order valence-electron chi connectivity index (χ2n) is 5.19. The largest absolute Gasteiger partial charge is 0.311 e. The van der Waals surface area contributed by atoms with Gasteiger partial charge in [-0.15, -0.1) is 0 Å². The molecule has 100 valence electrons. The number of aromatic nitrogens is 1. The van der Waals surface area contributed by atoms with Crippen LogP contribution in [0.25, 0.3) is 0 Å². The third kappa shape index (κ3) is 3.77. The van der Waals surface area contributed by atoms with Crippen LogP contribution in [0.2, 0.25) is 0 Å². The number of nitrogens with zero attached hydrogens (tertiary/aromatic N) is 2. The van der Waals surface area contributed by atoms with E-state index in [2.05, 4.69) is 51.0 Å². The summed E-state index contributed by atoms with van der Waals surface area (Å²) in [7, 11) is 0. The van der Waals surface area contributed by atoms with Crippen molar-refractivity contribution in [1.82, 2.24) is 15.2 Å². The van der Waals surface area contributed by atoms with Gasteiger partial charge in [-0.1, -0.05) is 13.3 Å². The Bertz CT molecular complexity index is 383. The van der Waals surface area contributed by atoms with Gasteiger partial charge in [0.15, 0.2) is 0 Å². The average Bonchev–Trinajstić information content (AvgIpc) is 2.33. The molecule has 18 heavy (non-hydrogen) atoms. The van der Waals surface area contributed by atoms with E-state index in [-0.39, 0.29) is 0 Å². The zero-order valence-corrected chi connectivity index (χ0v) is 12.8. The Hall–Kier alpha value is -0.450. The number of hydrogen-bond donors (Lipinski definition) is 1. The molecule has 1 aliphatic heterocycles. The van der Waals surface area contributed by atoms with Gasteiger partial charge < -0.3 is 5.32 Å². The van der Waals surface area contributed by atoms with Gasteiger partial charge in [-0.05, 0) is 40.9 Å². The zero-order chi connectivity index (χ0) is 13.0. The fraction of sp³-hybridized carbons (Fsp3) is 0.643. The normalized spacial score (nSPS) is 25.3. The lowest BCUT2D eigenvalue weighted by atomic mass is 10.0. The Balaban J connectivity index is 2.03. The van der Waals surface area contributed by atoms with Gasteiger partial charge in [0.25, 0.3) is 0 Å². The van der Waals surface area contributed by atoms with Crippen molar-refractivity contribution in [2.45, 2.75) is 45.3 Å². The van der Waals surface area contributed by atoms with Crippen molar-refractivity contribution in [1.29, 1.82) is 0 Å². The topological polar surface area (TPSA) is 28.2 Å². The highest BCUT2D eigenvalue weighted by Crippen LogP contribution is 2.17. The molecule has 0 aromatic carbocycles. The molecular formula is C14H22BrN3. The molecule has 0 radical (unpaired) electrons. The molecule has 2 unspecified atom stereocenters. The standard InChI is InChI=1S/C14H22BrN3/c1-3-4-14-8-17-11(2)9-18(14)10-12-5-13(15)7-16-6-12/h5-7,11,14,17H,3-4,8-10H2,1-2H3. The number of nitrogens with one attached hydrogen (secondary N) is 1. The van der Waals surface area contributed by atoms with E-state index in [0.717, 1.165) is 24.1 Å². The summed E-state index contributed by atoms with van der Waals surface area (Å²) in [5.74, 6) is 0. The van der Waals surface area contributed by atoms with E-state index in [1.807, 2.05) is 12.4 Å². The number of pyridine rings is 1. The van der Waals surface area contributed by atoms with Gasteiger partial charge in [0.1, 0.15) is 0 Å². The van der Waals surface area contributed by atoms with Crippen molar-refractivity contribution in [2.75, 3.05) is 13.1 Å². The van der Waals surface area contributed by atoms with Crippen LogP contribution in [0.15, 0.2) is 22.9 Å². The molecule has 1 saturated heterocycles. The molecule has 0 saturated carbocycles. The van der Waals surface area contributed by atoms with Crippen LogP contribution >= 0.6 is 15.9 Å². The molecule has 1 aromatic heterocycles. The lowest BCUT2D eigenvalue weighted by Gasteiger charge is -2.39. The summed E-state index contributed by atoms with van der Waals surface area (Å²) in [6.45, 7) is 7.75. The summed E-state index contributed by atoms with van der Waals surface area (Å²) in [6.07, 6.45) is 6.32. The molecule has 0 bridgehead atoms. The predicted octanol–water partition coefficient (Wildman–Crippen LogP) is 2.81. The summed E-state index contributed by atoms with van der Waals surface area (Å²) in [5, 5.41) is 3.58. The maximum atomic E-state index is 4.25. The van der Waals surface area contributed by atoms with Gasteiger partial charge >= 0.3 is 0 Å². The van der Waals surface area contributed by atoms with Crippen molar-refractivity contribution in [3.8, 4) is 0 Å². The number of halogens is 1. The molecule has 0 amide bonds. The van der Waals surface area contributed by atoms with E-state index in [9.17, 15) is 0 Å². The Morgan fingerprint density at radius 1 is 1.50 bits per heavy atom. The minimum atomic E-state index is 0.582. The lowest BCUT2D eigenvalue weighted by molar-refractivity contribution is 0.120. The van der Waals surface area contributed by atoms with Crippen molar-refractivity contribution in [2.24, 2.45) is 0 Å². The van der Waals surface area contributed by atoms with Crippen LogP contribution in [0.5, 0.6) is 0 Å². The van der Waals surface area contributed by atoms with Gasteiger partial charge in [0.05, 0.1) is 0 Å². The Morgan fingerprint density at radius 2 is 2.33 bits per heavy atom. The van der Waals surface area contributed by atoms with E-state index in [0.29, 0.717) is 12.1 Å². The number of rotatable bonds is 4. The first-order valence-electron chi connectivity index (χ1n) is 6.76. The minimum Gasteiger partial charge on any atom is -0.311 e. The van der Waals surface area contributed by atoms with E-state index in [1.54, 1.807) is 0 Å². The van der Waals surface area contributed by atoms with Crippen LogP contribution in [0.3, 0.4) is 0 Å². The first kappa shape index (κ1) is 14.0. The second kappa shape index (κ2) is 6.64. The lowest BCUT2D eigenvalue weighted by Crippen LogP contribution is -2.54. The van der Waals surface area contributed by atoms with Crippen molar-refractivity contribution in [3.63, 3.8) is 0 Å². The van der Waals surface area contributed by atoms with Gasteiger partial charge in [0.2, 0.25) is 0 Å². The molecular weight excluding hydrogens is 290 g/mol. The molecule has 0 spiro atoms. The maximum Gasteiger partial charge on any atom is 0.0410 e.